The summed E-state index contributed by atoms with van der Waals surface area (Å²) in [6, 6.07) is 18.5. The first-order chi connectivity index (χ1) is 16.2. The van der Waals surface area contributed by atoms with E-state index >= 15 is 0 Å². The Hall–Kier alpha value is -2.94. The van der Waals surface area contributed by atoms with E-state index in [9.17, 15) is 13.2 Å². The second-order valence-electron chi connectivity index (χ2n) is 7.32. The summed E-state index contributed by atoms with van der Waals surface area (Å²) in [5.74, 6) is 0.658. The molecule has 0 aromatic heterocycles. The number of methoxy groups -OCH3 is 1. The molecular weight excluding hydrogens is 499 g/mol. The first kappa shape index (κ1) is 25.7. The quantitative estimate of drug-likeness (QED) is 0.387. The molecule has 34 heavy (non-hydrogen) atoms. The average Bonchev–Trinajstić information content (AvgIpc) is 2.81. The molecule has 180 valence electrons. The van der Waals surface area contributed by atoms with E-state index in [-0.39, 0.29) is 19.1 Å². The van der Waals surface area contributed by atoms with E-state index in [4.69, 9.17) is 32.7 Å². The molecule has 0 aliphatic carbocycles. The fourth-order valence-corrected chi connectivity index (χ4v) is 4.40. The fraction of sp³-hybridized carbons (Fsp3) is 0.208. The smallest absolute Gasteiger partial charge is 0.251 e. The Bertz CT molecular complexity index is 1250. The molecule has 1 amide bonds. The molecule has 0 unspecified atom stereocenters. The molecule has 0 aliphatic heterocycles. The van der Waals surface area contributed by atoms with Crippen molar-refractivity contribution in [2.24, 2.45) is 0 Å². The number of amides is 1. The van der Waals surface area contributed by atoms with E-state index in [0.29, 0.717) is 44.9 Å². The van der Waals surface area contributed by atoms with Gasteiger partial charge < -0.3 is 14.8 Å². The number of rotatable bonds is 10. The molecule has 0 fully saturated rings. The Morgan fingerprint density at radius 1 is 1.00 bits per heavy atom. The van der Waals surface area contributed by atoms with Crippen LogP contribution < -0.4 is 19.1 Å². The number of hydrogen-bond acceptors (Lipinski definition) is 5. The van der Waals surface area contributed by atoms with Crippen molar-refractivity contribution in [1.82, 2.24) is 5.32 Å². The third kappa shape index (κ3) is 6.79. The molecule has 0 bridgehead atoms. The molecule has 0 atom stereocenters. The van der Waals surface area contributed by atoms with Gasteiger partial charge in [0.25, 0.3) is 5.91 Å². The Morgan fingerprint density at radius 2 is 1.71 bits per heavy atom. The zero-order valence-corrected chi connectivity index (χ0v) is 21.0. The minimum Gasteiger partial charge on any atom is -0.495 e. The van der Waals surface area contributed by atoms with Crippen LogP contribution in [0.3, 0.4) is 0 Å². The van der Waals surface area contributed by atoms with Crippen LogP contribution in [0.5, 0.6) is 11.5 Å². The van der Waals surface area contributed by atoms with Gasteiger partial charge >= 0.3 is 0 Å². The highest BCUT2D eigenvalue weighted by atomic mass is 35.5. The monoisotopic (exact) mass is 522 g/mol. The molecule has 10 heteroatoms. The summed E-state index contributed by atoms with van der Waals surface area (Å²) < 4.78 is 37.1. The number of nitrogens with zero attached hydrogens (tertiary/aromatic N) is 1. The molecule has 0 heterocycles. The zero-order chi connectivity index (χ0) is 24.7. The molecule has 0 radical (unpaired) electrons. The summed E-state index contributed by atoms with van der Waals surface area (Å²) in [5.41, 5.74) is 1.46. The van der Waals surface area contributed by atoms with Crippen molar-refractivity contribution in [2.75, 3.05) is 30.8 Å². The number of sulfonamides is 1. The number of para-hydroxylation sites is 1. The maximum Gasteiger partial charge on any atom is 0.251 e. The third-order valence-electron chi connectivity index (χ3n) is 4.83. The topological polar surface area (TPSA) is 84.9 Å². The van der Waals surface area contributed by atoms with E-state index in [1.807, 2.05) is 6.07 Å². The van der Waals surface area contributed by atoms with Crippen molar-refractivity contribution in [2.45, 2.75) is 6.54 Å². The second kappa shape index (κ2) is 11.5. The lowest BCUT2D eigenvalue weighted by molar-refractivity contribution is 0.0947. The van der Waals surface area contributed by atoms with Gasteiger partial charge in [-0.1, -0.05) is 47.5 Å². The molecular formula is C24H24Cl2N2O5S. The predicted molar refractivity (Wildman–Crippen MR) is 135 cm³/mol. The summed E-state index contributed by atoms with van der Waals surface area (Å²) in [4.78, 5) is 12.4. The molecule has 0 spiro atoms. The van der Waals surface area contributed by atoms with Crippen molar-refractivity contribution in [1.29, 1.82) is 0 Å². The SMILES string of the molecule is COc1ccc(Cl)cc1N(Cc1ccc(C(=O)NCCOc2ccccc2Cl)cc1)S(C)(=O)=O. The summed E-state index contributed by atoms with van der Waals surface area (Å²) in [5, 5.41) is 3.66. The Kier molecular flexibility index (Phi) is 8.66. The number of hydrogen-bond donors (Lipinski definition) is 1. The van der Waals surface area contributed by atoms with Crippen LogP contribution in [0.15, 0.2) is 66.7 Å². The summed E-state index contributed by atoms with van der Waals surface area (Å²) in [6.07, 6.45) is 1.11. The summed E-state index contributed by atoms with van der Waals surface area (Å²) in [7, 11) is -2.18. The van der Waals surface area contributed by atoms with Crippen LogP contribution in [0.25, 0.3) is 0 Å². The van der Waals surface area contributed by atoms with Crippen molar-refractivity contribution in [3.05, 3.63) is 87.9 Å². The van der Waals surface area contributed by atoms with Gasteiger partial charge in [-0.3, -0.25) is 9.10 Å². The van der Waals surface area contributed by atoms with Gasteiger partial charge in [0.05, 0.1) is 37.2 Å². The number of benzene rings is 3. The molecule has 0 saturated heterocycles. The first-order valence-electron chi connectivity index (χ1n) is 10.2. The van der Waals surface area contributed by atoms with Gasteiger partial charge in [0.2, 0.25) is 10.0 Å². The maximum absolute atomic E-state index is 12.5. The van der Waals surface area contributed by atoms with Gasteiger partial charge in [-0.25, -0.2) is 8.42 Å². The van der Waals surface area contributed by atoms with Crippen molar-refractivity contribution in [3.8, 4) is 11.5 Å². The molecule has 7 nitrogen and oxygen atoms in total. The lowest BCUT2D eigenvalue weighted by Crippen LogP contribution is -2.30. The van der Waals surface area contributed by atoms with Crippen molar-refractivity contribution in [3.63, 3.8) is 0 Å². The van der Waals surface area contributed by atoms with Gasteiger partial charge in [-0.15, -0.1) is 0 Å². The Morgan fingerprint density at radius 3 is 2.35 bits per heavy atom. The summed E-state index contributed by atoms with van der Waals surface area (Å²) >= 11 is 12.1. The Labute approximate surface area is 209 Å². The van der Waals surface area contributed by atoms with Crippen LogP contribution in [-0.2, 0) is 16.6 Å². The van der Waals surface area contributed by atoms with Crippen LogP contribution in [0.4, 0.5) is 5.69 Å². The number of anilines is 1. The largest absolute Gasteiger partial charge is 0.495 e. The lowest BCUT2D eigenvalue weighted by atomic mass is 10.1. The fourth-order valence-electron chi connectivity index (χ4n) is 3.16. The van der Waals surface area contributed by atoms with E-state index in [0.717, 1.165) is 6.26 Å². The van der Waals surface area contributed by atoms with Gasteiger partial charge in [0, 0.05) is 10.6 Å². The Balaban J connectivity index is 1.64. The van der Waals surface area contributed by atoms with Gasteiger partial charge in [0.15, 0.2) is 0 Å². The van der Waals surface area contributed by atoms with Crippen molar-refractivity contribution >= 4 is 44.8 Å². The molecule has 3 aromatic rings. The third-order valence-corrected chi connectivity index (χ3v) is 6.51. The number of nitrogens with one attached hydrogen (secondary N) is 1. The highest BCUT2D eigenvalue weighted by Crippen LogP contribution is 2.33. The number of carbonyl (C=O) groups excluding carboxylic acids is 1. The van der Waals surface area contributed by atoms with Crippen LogP contribution in [0.2, 0.25) is 10.0 Å². The number of carbonyl (C=O) groups is 1. The molecule has 3 rings (SSSR count). The first-order valence-corrected chi connectivity index (χ1v) is 12.8. The second-order valence-corrected chi connectivity index (χ2v) is 10.1. The summed E-state index contributed by atoms with van der Waals surface area (Å²) in [6.45, 7) is 0.601. The number of ether oxygens (including phenoxy) is 2. The minimum absolute atomic E-state index is 0.0448. The molecule has 1 N–H and O–H groups in total. The number of halogens is 2. The molecule has 0 aliphatic rings. The van der Waals surface area contributed by atoms with Crippen LogP contribution in [0, 0.1) is 0 Å². The zero-order valence-electron chi connectivity index (χ0n) is 18.6. The average molecular weight is 523 g/mol. The maximum atomic E-state index is 12.5. The van der Waals surface area contributed by atoms with E-state index in [2.05, 4.69) is 5.32 Å². The standard InChI is InChI=1S/C24H24Cl2N2O5S/c1-32-23-12-11-19(25)15-21(23)28(34(2,30)31)16-17-7-9-18(10-8-17)24(29)27-13-14-33-22-6-4-3-5-20(22)26/h3-12,15H,13-14,16H2,1-2H3,(H,27,29). The highest BCUT2D eigenvalue weighted by Gasteiger charge is 2.22. The van der Waals surface area contributed by atoms with Crippen LogP contribution in [0.1, 0.15) is 15.9 Å². The predicted octanol–water partition coefficient (Wildman–Crippen LogP) is 4.78. The van der Waals surface area contributed by atoms with Gasteiger partial charge in [-0.05, 0) is 48.0 Å². The highest BCUT2D eigenvalue weighted by molar-refractivity contribution is 7.92. The molecule has 3 aromatic carbocycles. The van der Waals surface area contributed by atoms with Crippen molar-refractivity contribution < 1.29 is 22.7 Å². The van der Waals surface area contributed by atoms with Gasteiger partial charge in [0.1, 0.15) is 18.1 Å². The van der Waals surface area contributed by atoms with Gasteiger partial charge in [-0.2, -0.15) is 0 Å². The van der Waals surface area contributed by atoms with E-state index in [1.165, 1.54) is 17.5 Å². The normalized spacial score (nSPS) is 11.1. The van der Waals surface area contributed by atoms with E-state index < -0.39 is 10.0 Å². The van der Waals surface area contributed by atoms with E-state index in [1.54, 1.807) is 54.6 Å². The molecule has 0 saturated carbocycles. The minimum atomic E-state index is -3.64. The lowest BCUT2D eigenvalue weighted by Gasteiger charge is -2.24. The van der Waals surface area contributed by atoms with Crippen LogP contribution >= 0.6 is 23.2 Å². The van der Waals surface area contributed by atoms with Crippen LogP contribution in [-0.4, -0.2) is 40.8 Å².